The van der Waals surface area contributed by atoms with Gasteiger partial charge in [-0.15, -0.1) is 11.8 Å². The zero-order chi connectivity index (χ0) is 13.3. The number of aromatic nitrogens is 4. The third-order valence-corrected chi connectivity index (χ3v) is 3.59. The summed E-state index contributed by atoms with van der Waals surface area (Å²) in [5.74, 6) is 2.33. The molecule has 7 heteroatoms. The molecule has 2 heterocycles. The monoisotopic (exact) mass is 267 g/mol. The van der Waals surface area contributed by atoms with Crippen LogP contribution in [0.15, 0.2) is 10.7 Å². The van der Waals surface area contributed by atoms with Gasteiger partial charge in [0.25, 0.3) is 5.89 Å². The molecule has 0 aliphatic rings. The third kappa shape index (κ3) is 2.84. The Morgan fingerprint density at radius 1 is 1.44 bits per heavy atom. The van der Waals surface area contributed by atoms with Crippen molar-refractivity contribution in [3.63, 3.8) is 0 Å². The van der Waals surface area contributed by atoms with Gasteiger partial charge in [-0.3, -0.25) is 4.68 Å². The molecule has 2 rings (SSSR count). The fraction of sp³-hybridized carbons (Fsp3) is 0.545. The zero-order valence-electron chi connectivity index (χ0n) is 11.0. The van der Waals surface area contributed by atoms with E-state index >= 15 is 0 Å². The van der Waals surface area contributed by atoms with Crippen molar-refractivity contribution in [2.45, 2.75) is 31.3 Å². The van der Waals surface area contributed by atoms with E-state index in [0.29, 0.717) is 28.8 Å². The number of anilines is 1. The highest BCUT2D eigenvalue weighted by atomic mass is 32.2. The van der Waals surface area contributed by atoms with Gasteiger partial charge < -0.3 is 10.3 Å². The molecule has 0 aromatic carbocycles. The molecule has 0 fully saturated rings. The normalized spacial score (nSPS) is 12.0. The first-order chi connectivity index (χ1) is 8.37. The second kappa shape index (κ2) is 4.64. The van der Waals surface area contributed by atoms with E-state index in [9.17, 15) is 0 Å². The van der Waals surface area contributed by atoms with Gasteiger partial charge in [-0.25, -0.2) is 0 Å². The lowest BCUT2D eigenvalue weighted by molar-refractivity contribution is 0.425. The van der Waals surface area contributed by atoms with Crippen LogP contribution in [-0.2, 0) is 12.8 Å². The summed E-state index contributed by atoms with van der Waals surface area (Å²) in [5, 5.41) is 7.99. The highest BCUT2D eigenvalue weighted by Crippen LogP contribution is 2.28. The molecular formula is C11H17N5OS. The number of rotatable bonds is 3. The molecule has 0 saturated carbocycles. The predicted octanol–water partition coefficient (Wildman–Crippen LogP) is 2.08. The fourth-order valence-corrected chi connectivity index (χ4v) is 1.99. The van der Waals surface area contributed by atoms with Crippen molar-refractivity contribution in [2.75, 3.05) is 5.73 Å². The van der Waals surface area contributed by atoms with Gasteiger partial charge in [0.1, 0.15) is 11.4 Å². The molecule has 0 spiro atoms. The summed E-state index contributed by atoms with van der Waals surface area (Å²) < 4.78 is 6.95. The Kier molecular flexibility index (Phi) is 3.34. The quantitative estimate of drug-likeness (QED) is 0.916. The van der Waals surface area contributed by atoms with Gasteiger partial charge in [-0.05, 0) is 0 Å². The summed E-state index contributed by atoms with van der Waals surface area (Å²) in [4.78, 5) is 4.33. The molecule has 0 unspecified atom stereocenters. The topological polar surface area (TPSA) is 82.8 Å². The third-order valence-electron chi connectivity index (χ3n) is 2.32. The van der Waals surface area contributed by atoms with E-state index in [1.807, 2.05) is 0 Å². The van der Waals surface area contributed by atoms with E-state index in [2.05, 4.69) is 36.0 Å². The molecule has 0 atom stereocenters. The Morgan fingerprint density at radius 3 is 2.72 bits per heavy atom. The standard InChI is InChI=1S/C11H17N5OS/c1-11(2,3)18-6-8-14-10(17-15-8)7-5-13-16(4)9(7)12/h5H,6,12H2,1-4H3. The molecule has 0 aliphatic carbocycles. The van der Waals surface area contributed by atoms with Crippen LogP contribution in [0, 0.1) is 0 Å². The second-order valence-corrected chi connectivity index (χ2v) is 6.79. The highest BCUT2D eigenvalue weighted by Gasteiger charge is 2.17. The molecule has 0 amide bonds. The molecule has 0 bridgehead atoms. The molecular weight excluding hydrogens is 250 g/mol. The molecule has 6 nitrogen and oxygen atoms in total. The molecule has 18 heavy (non-hydrogen) atoms. The van der Waals surface area contributed by atoms with Crippen molar-refractivity contribution in [1.82, 2.24) is 19.9 Å². The lowest BCUT2D eigenvalue weighted by atomic mass is 10.3. The first-order valence-electron chi connectivity index (χ1n) is 5.61. The summed E-state index contributed by atoms with van der Waals surface area (Å²) in [5.41, 5.74) is 6.53. The number of hydrogen-bond acceptors (Lipinski definition) is 6. The summed E-state index contributed by atoms with van der Waals surface area (Å²) in [6, 6.07) is 0. The van der Waals surface area contributed by atoms with E-state index < -0.39 is 0 Å². The summed E-state index contributed by atoms with van der Waals surface area (Å²) >= 11 is 1.77. The lowest BCUT2D eigenvalue weighted by Crippen LogP contribution is -2.07. The molecule has 0 aliphatic heterocycles. The minimum absolute atomic E-state index is 0.175. The van der Waals surface area contributed by atoms with E-state index in [1.54, 1.807) is 29.7 Å². The Balaban J connectivity index is 2.13. The largest absolute Gasteiger partial charge is 0.383 e. The van der Waals surface area contributed by atoms with Crippen molar-refractivity contribution in [1.29, 1.82) is 0 Å². The second-order valence-electron chi connectivity index (χ2n) is 4.98. The number of thioether (sulfide) groups is 1. The van der Waals surface area contributed by atoms with E-state index in [-0.39, 0.29) is 4.75 Å². The average molecular weight is 267 g/mol. The average Bonchev–Trinajstić information content (AvgIpc) is 2.84. The molecule has 98 valence electrons. The van der Waals surface area contributed by atoms with Crippen LogP contribution in [0.3, 0.4) is 0 Å². The maximum Gasteiger partial charge on any atom is 0.263 e. The van der Waals surface area contributed by atoms with Gasteiger partial charge in [0, 0.05) is 11.8 Å². The van der Waals surface area contributed by atoms with Crippen molar-refractivity contribution < 1.29 is 4.52 Å². The Morgan fingerprint density at radius 2 is 2.17 bits per heavy atom. The van der Waals surface area contributed by atoms with Crippen molar-refractivity contribution >= 4 is 17.6 Å². The Hall–Kier alpha value is -1.50. The van der Waals surface area contributed by atoms with Gasteiger partial charge in [-0.1, -0.05) is 25.9 Å². The molecule has 0 radical (unpaired) electrons. The molecule has 0 saturated heterocycles. The van der Waals surface area contributed by atoms with Crippen molar-refractivity contribution in [2.24, 2.45) is 7.05 Å². The van der Waals surface area contributed by atoms with Crippen LogP contribution in [0.5, 0.6) is 0 Å². The molecule has 2 N–H and O–H groups in total. The van der Waals surface area contributed by atoms with Gasteiger partial charge in [-0.2, -0.15) is 10.1 Å². The van der Waals surface area contributed by atoms with E-state index in [4.69, 9.17) is 10.3 Å². The van der Waals surface area contributed by atoms with E-state index in [0.717, 1.165) is 0 Å². The highest BCUT2D eigenvalue weighted by molar-refractivity contribution is 7.99. The van der Waals surface area contributed by atoms with Gasteiger partial charge in [0.15, 0.2) is 5.82 Å². The van der Waals surface area contributed by atoms with Gasteiger partial charge in [0.2, 0.25) is 0 Å². The first kappa shape index (κ1) is 12.9. The van der Waals surface area contributed by atoms with Crippen LogP contribution in [0.2, 0.25) is 0 Å². The van der Waals surface area contributed by atoms with Crippen molar-refractivity contribution in [3.05, 3.63) is 12.0 Å². The van der Waals surface area contributed by atoms with Crippen molar-refractivity contribution in [3.8, 4) is 11.5 Å². The van der Waals surface area contributed by atoms with Crippen LogP contribution in [0.4, 0.5) is 5.82 Å². The number of nitrogens with two attached hydrogens (primary N) is 1. The van der Waals surface area contributed by atoms with Gasteiger partial charge >= 0.3 is 0 Å². The number of aryl methyl sites for hydroxylation is 1. The number of nitrogen functional groups attached to an aromatic ring is 1. The van der Waals surface area contributed by atoms with Gasteiger partial charge in [0.05, 0.1) is 11.9 Å². The van der Waals surface area contributed by atoms with E-state index in [1.165, 1.54) is 0 Å². The first-order valence-corrected chi connectivity index (χ1v) is 6.60. The summed E-state index contributed by atoms with van der Waals surface area (Å²) in [6.45, 7) is 6.45. The van der Waals surface area contributed by atoms with Crippen LogP contribution in [0.25, 0.3) is 11.5 Å². The molecule has 2 aromatic heterocycles. The lowest BCUT2D eigenvalue weighted by Gasteiger charge is -2.15. The fourth-order valence-electron chi connectivity index (χ4n) is 1.31. The summed E-state index contributed by atoms with van der Waals surface area (Å²) in [6.07, 6.45) is 1.63. The van der Waals surface area contributed by atoms with Crippen LogP contribution >= 0.6 is 11.8 Å². The Labute approximate surface area is 110 Å². The minimum Gasteiger partial charge on any atom is -0.383 e. The van der Waals surface area contributed by atoms with Crippen LogP contribution in [-0.4, -0.2) is 24.7 Å². The summed E-state index contributed by atoms with van der Waals surface area (Å²) in [7, 11) is 1.77. The maximum absolute atomic E-state index is 5.85. The number of nitrogens with zero attached hydrogens (tertiary/aromatic N) is 4. The number of hydrogen-bond donors (Lipinski definition) is 1. The predicted molar refractivity (Wildman–Crippen MR) is 72.0 cm³/mol. The smallest absolute Gasteiger partial charge is 0.263 e. The van der Waals surface area contributed by atoms with Crippen LogP contribution in [0.1, 0.15) is 26.6 Å². The maximum atomic E-state index is 5.85. The minimum atomic E-state index is 0.175. The van der Waals surface area contributed by atoms with Crippen LogP contribution < -0.4 is 5.73 Å². The molecule has 2 aromatic rings. The Bertz CT molecular complexity index is 540. The zero-order valence-corrected chi connectivity index (χ0v) is 11.8. The SMILES string of the molecule is Cn1ncc(-c2nc(CSC(C)(C)C)no2)c1N.